The summed E-state index contributed by atoms with van der Waals surface area (Å²) in [6.45, 7) is 8.23. The van der Waals surface area contributed by atoms with Crippen LogP contribution in [0.15, 0.2) is 199 Å². The predicted octanol–water partition coefficient (Wildman–Crippen LogP) is 16.9. The zero-order valence-electron chi connectivity index (χ0n) is 39.4. The van der Waals surface area contributed by atoms with Crippen LogP contribution in [0.3, 0.4) is 0 Å². The second kappa shape index (κ2) is 18.1. The molecule has 2 heterocycles. The first-order valence-electron chi connectivity index (χ1n) is 24.4. The van der Waals surface area contributed by atoms with Crippen molar-refractivity contribution in [1.29, 1.82) is 0 Å². The Morgan fingerprint density at radius 3 is 2.15 bits per heavy atom. The molecule has 0 saturated heterocycles. The third-order valence-electron chi connectivity index (χ3n) is 14.9. The van der Waals surface area contributed by atoms with Gasteiger partial charge in [-0.15, -0.1) is 0 Å². The van der Waals surface area contributed by atoms with Gasteiger partial charge in [-0.3, -0.25) is 0 Å². The average molecular weight is 897 g/mol. The first-order chi connectivity index (χ1) is 33.2. The highest BCUT2D eigenvalue weighted by Gasteiger charge is 2.33. The van der Waals surface area contributed by atoms with Crippen LogP contribution in [-0.2, 0) is 6.42 Å². The Kier molecular flexibility index (Phi) is 11.6. The number of halogens is 2. The van der Waals surface area contributed by atoms with E-state index in [2.05, 4.69) is 210 Å². The third-order valence-corrected chi connectivity index (χ3v) is 14.9. The van der Waals surface area contributed by atoms with Crippen LogP contribution in [0.25, 0.3) is 50.1 Å². The van der Waals surface area contributed by atoms with Gasteiger partial charge in [0.25, 0.3) is 0 Å². The summed E-state index contributed by atoms with van der Waals surface area (Å²) >= 11 is 0. The SMILES string of the molecule is C/C(F)=C\C(C)C(C)n1c2c(c3ccccc31)C=C(N(C1C=CC(c3ccc(N(c4ccccc4)c4ccc5c(c4)c4ccccc4n5C4=CC=C(F)CC4)cc3)=CC1)C1C=CC=CC1C)CC2. The molecule has 0 aliphatic heterocycles. The van der Waals surface area contributed by atoms with Crippen molar-refractivity contribution in [2.45, 2.75) is 77.9 Å². The largest absolute Gasteiger partial charge is 0.361 e. The van der Waals surface area contributed by atoms with E-state index in [1.54, 1.807) is 19.1 Å². The number of anilines is 3. The minimum Gasteiger partial charge on any atom is -0.361 e. The maximum Gasteiger partial charge on any atom is 0.100 e. The summed E-state index contributed by atoms with van der Waals surface area (Å²) in [5.74, 6) is 0.222. The predicted molar refractivity (Wildman–Crippen MR) is 282 cm³/mol. The van der Waals surface area contributed by atoms with Crippen molar-refractivity contribution in [2.75, 3.05) is 4.90 Å². The summed E-state index contributed by atoms with van der Waals surface area (Å²) in [5.41, 5.74) is 14.3. The number of fused-ring (bicyclic) bond motifs is 6. The van der Waals surface area contributed by atoms with E-state index < -0.39 is 0 Å². The third kappa shape index (κ3) is 7.90. The fourth-order valence-corrected chi connectivity index (χ4v) is 11.4. The van der Waals surface area contributed by atoms with Crippen molar-refractivity contribution in [2.24, 2.45) is 11.8 Å². The van der Waals surface area contributed by atoms with Crippen molar-refractivity contribution in [3.63, 3.8) is 0 Å². The number of para-hydroxylation sites is 3. The fourth-order valence-electron chi connectivity index (χ4n) is 11.4. The summed E-state index contributed by atoms with van der Waals surface area (Å²) in [7, 11) is 0. The van der Waals surface area contributed by atoms with Gasteiger partial charge < -0.3 is 18.9 Å². The topological polar surface area (TPSA) is 16.3 Å². The van der Waals surface area contributed by atoms with Crippen LogP contribution >= 0.6 is 0 Å². The van der Waals surface area contributed by atoms with Gasteiger partial charge in [-0.05, 0) is 141 Å². The molecule has 0 amide bonds. The van der Waals surface area contributed by atoms with Gasteiger partial charge in [0.15, 0.2) is 0 Å². The summed E-state index contributed by atoms with van der Waals surface area (Å²) in [5, 5.41) is 3.61. The molecule has 7 aromatic rings. The van der Waals surface area contributed by atoms with E-state index in [1.807, 2.05) is 6.08 Å². The van der Waals surface area contributed by atoms with Crippen LogP contribution in [0.1, 0.15) is 76.2 Å². The summed E-state index contributed by atoms with van der Waals surface area (Å²) < 4.78 is 33.0. The Bertz CT molecular complexity index is 3310. The van der Waals surface area contributed by atoms with Crippen molar-refractivity contribution in [3.8, 4) is 0 Å². The molecule has 11 rings (SSSR count). The van der Waals surface area contributed by atoms with Crippen LogP contribution in [-0.4, -0.2) is 26.1 Å². The van der Waals surface area contributed by atoms with Gasteiger partial charge in [0.05, 0.1) is 28.9 Å². The molecule has 68 heavy (non-hydrogen) atoms. The van der Waals surface area contributed by atoms with Gasteiger partial charge in [-0.1, -0.05) is 123 Å². The number of rotatable bonds is 11. The quantitative estimate of drug-likeness (QED) is 0.129. The van der Waals surface area contributed by atoms with E-state index >= 15 is 0 Å². The van der Waals surface area contributed by atoms with E-state index in [1.165, 1.54) is 49.8 Å². The molecule has 340 valence electrons. The highest BCUT2D eigenvalue weighted by molar-refractivity contribution is 6.11. The normalized spacial score (nSPS) is 20.2. The first-order valence-corrected chi connectivity index (χ1v) is 24.4. The Morgan fingerprint density at radius 2 is 1.41 bits per heavy atom. The van der Waals surface area contributed by atoms with Crippen molar-refractivity contribution < 1.29 is 8.78 Å². The molecule has 5 aromatic carbocycles. The highest BCUT2D eigenvalue weighted by Crippen LogP contribution is 2.43. The van der Waals surface area contributed by atoms with E-state index in [4.69, 9.17) is 0 Å². The minimum absolute atomic E-state index is 0.0575. The highest BCUT2D eigenvalue weighted by atomic mass is 19.1. The van der Waals surface area contributed by atoms with Crippen molar-refractivity contribution >= 4 is 67.1 Å². The lowest BCUT2D eigenvalue weighted by atomic mass is 9.88. The number of benzene rings is 5. The zero-order valence-corrected chi connectivity index (χ0v) is 39.4. The van der Waals surface area contributed by atoms with E-state index in [0.717, 1.165) is 53.1 Å². The fraction of sp³-hybridized carbons (Fsp3) is 0.226. The molecule has 0 bridgehead atoms. The summed E-state index contributed by atoms with van der Waals surface area (Å²) in [4.78, 5) is 5.03. The van der Waals surface area contributed by atoms with Crippen LogP contribution in [0, 0.1) is 11.8 Å². The molecular weight excluding hydrogens is 839 g/mol. The number of hydrogen-bond acceptors (Lipinski definition) is 2. The number of nitrogens with zero attached hydrogens (tertiary/aromatic N) is 4. The lowest BCUT2D eigenvalue weighted by Crippen LogP contribution is -2.45. The molecule has 0 saturated carbocycles. The zero-order chi connectivity index (χ0) is 46.5. The molecule has 4 aliphatic rings. The standard InChI is InChI=1S/C62H58F2N4/c1-41-14-8-11-19-58(41)67(53-35-36-61-56(40-53)54-17-9-12-20-59(54)65(61)44(4)42(2)38-43(3)63)50-30-24-46(25-31-50)45-22-28-49(29-23-45)66(48-15-6-5-7-16-48)52-34-37-62-57(39-52)55-18-10-13-21-60(55)68(62)51-32-26-47(64)27-33-51/h5-26,28-30,32,34,37-42,44,50,58H,27,31,33,35-36H2,1-4H3/b43-38+. The molecule has 0 spiro atoms. The van der Waals surface area contributed by atoms with E-state index in [-0.39, 0.29) is 35.7 Å². The average Bonchev–Trinajstić information content (AvgIpc) is 3.88. The molecule has 6 heteroatoms. The molecule has 2 aromatic heterocycles. The molecule has 5 atom stereocenters. The second-order valence-electron chi connectivity index (χ2n) is 19.1. The molecular formula is C62H58F2N4. The van der Waals surface area contributed by atoms with Crippen LogP contribution in [0.2, 0.25) is 0 Å². The van der Waals surface area contributed by atoms with E-state index in [9.17, 15) is 8.78 Å². The van der Waals surface area contributed by atoms with Gasteiger partial charge in [0, 0.05) is 73.9 Å². The molecule has 4 aliphatic carbocycles. The molecule has 4 nitrogen and oxygen atoms in total. The van der Waals surface area contributed by atoms with E-state index in [0.29, 0.717) is 18.8 Å². The lowest BCUT2D eigenvalue weighted by molar-refractivity contribution is 0.208. The Labute approximate surface area is 399 Å². The smallest absolute Gasteiger partial charge is 0.100 e. The summed E-state index contributed by atoms with van der Waals surface area (Å²) in [6, 6.07) is 44.2. The first kappa shape index (κ1) is 43.4. The molecule has 0 N–H and O–H groups in total. The molecule has 5 unspecified atom stereocenters. The van der Waals surface area contributed by atoms with Crippen LogP contribution in [0.4, 0.5) is 25.8 Å². The molecule has 0 fully saturated rings. The summed E-state index contributed by atoms with van der Waals surface area (Å²) in [6.07, 6.45) is 27.9. The monoisotopic (exact) mass is 896 g/mol. The van der Waals surface area contributed by atoms with Gasteiger partial charge in [0.1, 0.15) is 5.83 Å². The Morgan fingerprint density at radius 1 is 0.706 bits per heavy atom. The van der Waals surface area contributed by atoms with Crippen LogP contribution in [0.5, 0.6) is 0 Å². The van der Waals surface area contributed by atoms with Crippen molar-refractivity contribution in [3.05, 3.63) is 216 Å². The number of hydrogen-bond donors (Lipinski definition) is 0. The minimum atomic E-state index is -0.126. The van der Waals surface area contributed by atoms with Crippen molar-refractivity contribution in [1.82, 2.24) is 14.0 Å². The Hall–Kier alpha value is -7.18. The Balaban J connectivity index is 0.903. The number of aromatic nitrogens is 2. The van der Waals surface area contributed by atoms with Gasteiger partial charge in [-0.25, -0.2) is 8.78 Å². The molecule has 0 radical (unpaired) electrons. The second-order valence-corrected chi connectivity index (χ2v) is 19.1. The van der Waals surface area contributed by atoms with Gasteiger partial charge >= 0.3 is 0 Å². The van der Waals surface area contributed by atoms with Crippen LogP contribution < -0.4 is 4.90 Å². The lowest BCUT2D eigenvalue weighted by Gasteiger charge is -2.43. The number of allylic oxidation sites excluding steroid dienone is 11. The van der Waals surface area contributed by atoms with Gasteiger partial charge in [0.2, 0.25) is 0 Å². The maximum atomic E-state index is 14.1. The maximum absolute atomic E-state index is 14.1. The van der Waals surface area contributed by atoms with Gasteiger partial charge in [-0.2, -0.15) is 0 Å².